The SMILES string of the molecule is COc1ccc(CC(N)Cc2c(F)ccc(Br)c2F)cn1. The molecule has 1 unspecified atom stereocenters. The van der Waals surface area contributed by atoms with E-state index in [4.69, 9.17) is 10.5 Å². The van der Waals surface area contributed by atoms with Gasteiger partial charge in [-0.3, -0.25) is 0 Å². The Morgan fingerprint density at radius 2 is 2.00 bits per heavy atom. The van der Waals surface area contributed by atoms with Crippen LogP contribution in [0.4, 0.5) is 8.78 Å². The average Bonchev–Trinajstić information content (AvgIpc) is 2.48. The Hall–Kier alpha value is -1.53. The van der Waals surface area contributed by atoms with E-state index in [9.17, 15) is 8.78 Å². The summed E-state index contributed by atoms with van der Waals surface area (Å²) in [6.07, 6.45) is 2.23. The molecule has 2 N–H and O–H groups in total. The molecule has 3 nitrogen and oxygen atoms in total. The van der Waals surface area contributed by atoms with E-state index in [0.29, 0.717) is 12.3 Å². The van der Waals surface area contributed by atoms with Crippen molar-refractivity contribution in [3.05, 3.63) is 57.7 Å². The van der Waals surface area contributed by atoms with Crippen molar-refractivity contribution in [2.45, 2.75) is 18.9 Å². The van der Waals surface area contributed by atoms with Gasteiger partial charge in [0.15, 0.2) is 0 Å². The van der Waals surface area contributed by atoms with Crippen LogP contribution in [0.25, 0.3) is 0 Å². The van der Waals surface area contributed by atoms with Crippen LogP contribution in [0.5, 0.6) is 5.88 Å². The zero-order chi connectivity index (χ0) is 15.4. The predicted molar refractivity (Wildman–Crippen MR) is 80.2 cm³/mol. The van der Waals surface area contributed by atoms with Gasteiger partial charge in [-0.2, -0.15) is 0 Å². The molecule has 0 saturated carbocycles. The van der Waals surface area contributed by atoms with Gasteiger partial charge in [-0.05, 0) is 46.5 Å². The van der Waals surface area contributed by atoms with Gasteiger partial charge in [0.25, 0.3) is 0 Å². The maximum atomic E-state index is 13.9. The molecule has 0 amide bonds. The second-order valence-corrected chi connectivity index (χ2v) is 5.55. The highest BCUT2D eigenvalue weighted by molar-refractivity contribution is 9.10. The van der Waals surface area contributed by atoms with Crippen molar-refractivity contribution < 1.29 is 13.5 Å². The van der Waals surface area contributed by atoms with Gasteiger partial charge in [0, 0.05) is 23.9 Å². The minimum absolute atomic E-state index is 0.00153. The molecule has 1 atom stereocenters. The van der Waals surface area contributed by atoms with Crippen molar-refractivity contribution in [3.63, 3.8) is 0 Å². The molecular formula is C15H15BrF2N2O. The summed E-state index contributed by atoms with van der Waals surface area (Å²) in [7, 11) is 1.53. The van der Waals surface area contributed by atoms with Crippen molar-refractivity contribution in [3.8, 4) is 5.88 Å². The van der Waals surface area contributed by atoms with Gasteiger partial charge in [0.05, 0.1) is 11.6 Å². The highest BCUT2D eigenvalue weighted by atomic mass is 79.9. The van der Waals surface area contributed by atoms with Crippen molar-refractivity contribution in [1.82, 2.24) is 4.98 Å². The summed E-state index contributed by atoms with van der Waals surface area (Å²) >= 11 is 3.05. The van der Waals surface area contributed by atoms with Crippen molar-refractivity contribution >= 4 is 15.9 Å². The highest BCUT2D eigenvalue weighted by Gasteiger charge is 2.16. The molecule has 2 aromatic rings. The first-order valence-electron chi connectivity index (χ1n) is 6.38. The number of aromatic nitrogens is 1. The number of halogens is 3. The summed E-state index contributed by atoms with van der Waals surface area (Å²) in [5.41, 5.74) is 6.88. The summed E-state index contributed by atoms with van der Waals surface area (Å²) in [6, 6.07) is 5.72. The topological polar surface area (TPSA) is 48.1 Å². The molecule has 1 heterocycles. The minimum atomic E-state index is -0.599. The van der Waals surface area contributed by atoms with E-state index in [-0.39, 0.29) is 16.5 Å². The van der Waals surface area contributed by atoms with Gasteiger partial charge in [-0.25, -0.2) is 13.8 Å². The Morgan fingerprint density at radius 3 is 2.62 bits per heavy atom. The van der Waals surface area contributed by atoms with Crippen LogP contribution in [0.15, 0.2) is 34.9 Å². The standard InChI is InChI=1S/C15H15BrF2N2O/c1-21-14-5-2-9(8-20-14)6-10(19)7-11-13(17)4-3-12(16)15(11)18/h2-5,8,10H,6-7,19H2,1H3. The largest absolute Gasteiger partial charge is 0.481 e. The first kappa shape index (κ1) is 15.9. The molecule has 0 saturated heterocycles. The van der Waals surface area contributed by atoms with Crippen LogP contribution in [0.1, 0.15) is 11.1 Å². The van der Waals surface area contributed by atoms with Crippen molar-refractivity contribution in [2.24, 2.45) is 5.73 Å². The maximum Gasteiger partial charge on any atom is 0.212 e. The molecule has 0 spiro atoms. The molecule has 1 aromatic heterocycles. The summed E-state index contributed by atoms with van der Waals surface area (Å²) in [5, 5.41) is 0. The first-order valence-corrected chi connectivity index (χ1v) is 7.17. The fraction of sp³-hybridized carbons (Fsp3) is 0.267. The van der Waals surface area contributed by atoms with Gasteiger partial charge < -0.3 is 10.5 Å². The van der Waals surface area contributed by atoms with E-state index in [0.717, 1.165) is 5.56 Å². The third kappa shape index (κ3) is 3.98. The summed E-state index contributed by atoms with van der Waals surface area (Å²) < 4.78 is 32.8. The van der Waals surface area contributed by atoms with Crippen LogP contribution in [0.2, 0.25) is 0 Å². The zero-order valence-electron chi connectivity index (χ0n) is 11.4. The summed E-state index contributed by atoms with van der Waals surface area (Å²) in [4.78, 5) is 4.07. The Morgan fingerprint density at radius 1 is 1.24 bits per heavy atom. The normalized spacial score (nSPS) is 12.2. The minimum Gasteiger partial charge on any atom is -0.481 e. The quantitative estimate of drug-likeness (QED) is 0.836. The lowest BCUT2D eigenvalue weighted by atomic mass is 10.00. The van der Waals surface area contributed by atoms with Gasteiger partial charge in [-0.15, -0.1) is 0 Å². The van der Waals surface area contributed by atoms with Crippen LogP contribution >= 0.6 is 15.9 Å². The fourth-order valence-corrected chi connectivity index (χ4v) is 2.42. The third-order valence-corrected chi connectivity index (χ3v) is 3.72. The van der Waals surface area contributed by atoms with E-state index >= 15 is 0 Å². The van der Waals surface area contributed by atoms with E-state index in [1.165, 1.54) is 19.2 Å². The number of pyridine rings is 1. The lowest BCUT2D eigenvalue weighted by Gasteiger charge is -2.13. The fourth-order valence-electron chi connectivity index (χ4n) is 2.05. The Labute approximate surface area is 130 Å². The van der Waals surface area contributed by atoms with E-state index in [1.54, 1.807) is 12.3 Å². The summed E-state index contributed by atoms with van der Waals surface area (Å²) in [6.45, 7) is 0. The van der Waals surface area contributed by atoms with Gasteiger partial charge in [0.1, 0.15) is 11.6 Å². The monoisotopic (exact) mass is 356 g/mol. The molecule has 2 rings (SSSR count). The predicted octanol–water partition coefficient (Wildman–Crippen LogP) is 3.24. The summed E-state index contributed by atoms with van der Waals surface area (Å²) in [5.74, 6) is -0.672. The van der Waals surface area contributed by atoms with Gasteiger partial charge >= 0.3 is 0 Å². The smallest absolute Gasteiger partial charge is 0.212 e. The molecule has 6 heteroatoms. The van der Waals surface area contributed by atoms with Crippen LogP contribution in [-0.2, 0) is 12.8 Å². The Balaban J connectivity index is 2.07. The molecule has 0 fully saturated rings. The van der Waals surface area contributed by atoms with Gasteiger partial charge in [-0.1, -0.05) is 6.07 Å². The molecule has 0 radical (unpaired) electrons. The van der Waals surface area contributed by atoms with Crippen LogP contribution < -0.4 is 10.5 Å². The van der Waals surface area contributed by atoms with E-state index in [2.05, 4.69) is 20.9 Å². The van der Waals surface area contributed by atoms with E-state index < -0.39 is 17.7 Å². The third-order valence-electron chi connectivity index (χ3n) is 3.11. The number of benzene rings is 1. The number of methoxy groups -OCH3 is 1. The van der Waals surface area contributed by atoms with Crippen LogP contribution in [0, 0.1) is 11.6 Å². The lowest BCUT2D eigenvalue weighted by Crippen LogP contribution is -2.26. The number of hydrogen-bond donors (Lipinski definition) is 1. The zero-order valence-corrected chi connectivity index (χ0v) is 13.0. The first-order chi connectivity index (χ1) is 10.0. The maximum absolute atomic E-state index is 13.9. The Bertz CT molecular complexity index is 620. The van der Waals surface area contributed by atoms with Crippen molar-refractivity contribution in [2.75, 3.05) is 7.11 Å². The molecule has 21 heavy (non-hydrogen) atoms. The Kier molecular flexibility index (Phi) is 5.25. The number of ether oxygens (including phenoxy) is 1. The lowest BCUT2D eigenvalue weighted by molar-refractivity contribution is 0.397. The average molecular weight is 357 g/mol. The number of nitrogens with zero attached hydrogens (tertiary/aromatic N) is 1. The number of rotatable bonds is 5. The van der Waals surface area contributed by atoms with Gasteiger partial charge in [0.2, 0.25) is 5.88 Å². The molecule has 0 aliphatic rings. The number of hydrogen-bond acceptors (Lipinski definition) is 3. The van der Waals surface area contributed by atoms with E-state index in [1.807, 2.05) is 6.07 Å². The highest BCUT2D eigenvalue weighted by Crippen LogP contribution is 2.23. The molecule has 0 bridgehead atoms. The van der Waals surface area contributed by atoms with Crippen LogP contribution in [-0.4, -0.2) is 18.1 Å². The molecule has 1 aromatic carbocycles. The number of nitrogens with two attached hydrogens (primary N) is 1. The van der Waals surface area contributed by atoms with Crippen LogP contribution in [0.3, 0.4) is 0 Å². The molecule has 112 valence electrons. The molecule has 0 aliphatic heterocycles. The second-order valence-electron chi connectivity index (χ2n) is 4.70. The molecule has 0 aliphatic carbocycles. The second kappa shape index (κ2) is 6.95. The molecular weight excluding hydrogens is 342 g/mol. The van der Waals surface area contributed by atoms with Crippen molar-refractivity contribution in [1.29, 1.82) is 0 Å².